The Morgan fingerprint density at radius 1 is 1.09 bits per heavy atom. The van der Waals surface area contributed by atoms with Gasteiger partial charge in [-0.15, -0.1) is 0 Å². The van der Waals surface area contributed by atoms with Crippen molar-refractivity contribution in [2.45, 2.75) is 38.6 Å². The number of piperazine rings is 1. The number of hydrogen-bond acceptors (Lipinski definition) is 3. The average Bonchev–Trinajstić information content (AvgIpc) is 3.03. The average molecular weight is 301 g/mol. The summed E-state index contributed by atoms with van der Waals surface area (Å²) in [6.45, 7) is 13.1. The van der Waals surface area contributed by atoms with Crippen molar-refractivity contribution in [1.29, 1.82) is 0 Å². The molecule has 0 aliphatic carbocycles. The van der Waals surface area contributed by atoms with Crippen LogP contribution >= 0.6 is 0 Å². The Morgan fingerprint density at radius 2 is 1.82 bits per heavy atom. The van der Waals surface area contributed by atoms with E-state index in [2.05, 4.69) is 53.2 Å². The molecule has 2 heterocycles. The molecular formula is C19H31N3. The number of hydrogen-bond donors (Lipinski definition) is 1. The minimum absolute atomic E-state index is 0.632. The summed E-state index contributed by atoms with van der Waals surface area (Å²) in [6.07, 6.45) is 2.54. The number of nitrogens with one attached hydrogen (secondary N) is 1. The summed E-state index contributed by atoms with van der Waals surface area (Å²) in [7, 11) is 0. The fourth-order valence-electron chi connectivity index (χ4n) is 3.72. The molecule has 2 saturated heterocycles. The smallest absolute Gasteiger partial charge is 0.0236 e. The molecule has 2 aliphatic heterocycles. The highest BCUT2D eigenvalue weighted by molar-refractivity contribution is 5.24. The van der Waals surface area contributed by atoms with Crippen LogP contribution in [0.2, 0.25) is 0 Å². The van der Waals surface area contributed by atoms with Gasteiger partial charge in [-0.25, -0.2) is 0 Å². The Hall–Kier alpha value is -0.900. The van der Waals surface area contributed by atoms with Gasteiger partial charge in [0.1, 0.15) is 0 Å². The van der Waals surface area contributed by atoms with Gasteiger partial charge in [-0.05, 0) is 36.4 Å². The molecule has 0 amide bonds. The van der Waals surface area contributed by atoms with Gasteiger partial charge in [-0.1, -0.05) is 38.1 Å². The molecular weight excluding hydrogens is 270 g/mol. The molecule has 22 heavy (non-hydrogen) atoms. The monoisotopic (exact) mass is 301 g/mol. The van der Waals surface area contributed by atoms with Crippen LogP contribution in [-0.2, 0) is 6.42 Å². The first-order valence-corrected chi connectivity index (χ1v) is 8.98. The quantitative estimate of drug-likeness (QED) is 0.900. The third kappa shape index (κ3) is 4.09. The molecule has 0 bridgehead atoms. The summed E-state index contributed by atoms with van der Waals surface area (Å²) < 4.78 is 0. The van der Waals surface area contributed by atoms with Crippen molar-refractivity contribution in [2.75, 3.05) is 45.8 Å². The molecule has 3 heteroatoms. The predicted molar refractivity (Wildman–Crippen MR) is 93.5 cm³/mol. The molecule has 3 rings (SSSR count). The van der Waals surface area contributed by atoms with Crippen LogP contribution in [0.15, 0.2) is 24.3 Å². The van der Waals surface area contributed by atoms with Gasteiger partial charge in [0.2, 0.25) is 0 Å². The minimum atomic E-state index is 0.632. The van der Waals surface area contributed by atoms with Crippen molar-refractivity contribution in [3.8, 4) is 0 Å². The van der Waals surface area contributed by atoms with Crippen molar-refractivity contribution in [1.82, 2.24) is 15.1 Å². The van der Waals surface area contributed by atoms with Crippen LogP contribution in [0, 0.1) is 0 Å². The zero-order valence-corrected chi connectivity index (χ0v) is 14.2. The molecule has 0 aromatic heterocycles. The van der Waals surface area contributed by atoms with Crippen LogP contribution in [0.25, 0.3) is 0 Å². The van der Waals surface area contributed by atoms with Crippen LogP contribution in [0.3, 0.4) is 0 Å². The Bertz CT molecular complexity index is 448. The maximum atomic E-state index is 3.45. The molecule has 1 aromatic carbocycles. The number of nitrogens with zero attached hydrogens (tertiary/aromatic N) is 2. The first-order valence-electron chi connectivity index (χ1n) is 8.98. The summed E-state index contributed by atoms with van der Waals surface area (Å²) in [4.78, 5) is 5.34. The van der Waals surface area contributed by atoms with E-state index in [1.54, 1.807) is 0 Å². The van der Waals surface area contributed by atoms with E-state index in [1.165, 1.54) is 69.8 Å². The topological polar surface area (TPSA) is 18.5 Å². The summed E-state index contributed by atoms with van der Waals surface area (Å²) in [5, 5.41) is 3.45. The fourth-order valence-corrected chi connectivity index (χ4v) is 3.72. The van der Waals surface area contributed by atoms with Gasteiger partial charge in [0.25, 0.3) is 0 Å². The molecule has 0 radical (unpaired) electrons. The Balaban J connectivity index is 1.44. The summed E-state index contributed by atoms with van der Waals surface area (Å²) >= 11 is 0. The third-order valence-corrected chi connectivity index (χ3v) is 5.28. The Labute approximate surface area is 135 Å². The molecule has 2 fully saturated rings. The van der Waals surface area contributed by atoms with Crippen LogP contribution < -0.4 is 5.32 Å². The van der Waals surface area contributed by atoms with Crippen molar-refractivity contribution in [3.05, 3.63) is 35.4 Å². The normalized spacial score (nSPS) is 24.2. The second-order valence-corrected chi connectivity index (χ2v) is 7.18. The molecule has 0 spiro atoms. The predicted octanol–water partition coefficient (Wildman–Crippen LogP) is 2.33. The number of rotatable bonds is 5. The highest BCUT2D eigenvalue weighted by atomic mass is 15.3. The Kier molecular flexibility index (Phi) is 5.51. The van der Waals surface area contributed by atoms with E-state index in [0.29, 0.717) is 5.92 Å². The third-order valence-electron chi connectivity index (χ3n) is 5.28. The van der Waals surface area contributed by atoms with E-state index in [4.69, 9.17) is 0 Å². The minimum Gasteiger partial charge on any atom is -0.314 e. The molecule has 1 unspecified atom stereocenters. The lowest BCUT2D eigenvalue weighted by molar-refractivity contribution is 0.172. The van der Waals surface area contributed by atoms with E-state index < -0.39 is 0 Å². The van der Waals surface area contributed by atoms with Crippen LogP contribution in [0.4, 0.5) is 0 Å². The van der Waals surface area contributed by atoms with Crippen molar-refractivity contribution in [3.63, 3.8) is 0 Å². The maximum absolute atomic E-state index is 3.45. The number of likely N-dealkylation sites (tertiary alicyclic amines) is 1. The lowest BCUT2D eigenvalue weighted by Crippen LogP contribution is -2.49. The van der Waals surface area contributed by atoms with Gasteiger partial charge in [0.05, 0.1) is 0 Å². The van der Waals surface area contributed by atoms with Crippen LogP contribution in [0.1, 0.15) is 37.3 Å². The lowest BCUT2D eigenvalue weighted by atomic mass is 10.0. The van der Waals surface area contributed by atoms with Gasteiger partial charge < -0.3 is 10.2 Å². The molecule has 0 saturated carbocycles. The molecule has 1 N–H and O–H groups in total. The van der Waals surface area contributed by atoms with E-state index in [9.17, 15) is 0 Å². The van der Waals surface area contributed by atoms with Crippen molar-refractivity contribution >= 4 is 0 Å². The molecule has 1 aromatic rings. The van der Waals surface area contributed by atoms with Gasteiger partial charge in [0, 0.05) is 45.3 Å². The maximum Gasteiger partial charge on any atom is 0.0236 e. The standard InChI is InChI=1S/C19H31N3/c1-16(2)18-5-3-17(4-6-18)7-11-21-12-8-19(15-21)22-13-9-20-10-14-22/h3-6,16,19-20H,7-15H2,1-2H3. The van der Waals surface area contributed by atoms with Gasteiger partial charge >= 0.3 is 0 Å². The highest BCUT2D eigenvalue weighted by Crippen LogP contribution is 2.18. The van der Waals surface area contributed by atoms with E-state index >= 15 is 0 Å². The van der Waals surface area contributed by atoms with Gasteiger partial charge in [-0.2, -0.15) is 0 Å². The zero-order chi connectivity index (χ0) is 15.4. The number of benzene rings is 1. The first kappa shape index (κ1) is 16.0. The molecule has 2 aliphatic rings. The van der Waals surface area contributed by atoms with Crippen LogP contribution in [-0.4, -0.2) is 61.7 Å². The zero-order valence-electron chi connectivity index (χ0n) is 14.2. The van der Waals surface area contributed by atoms with E-state index in [1.807, 2.05) is 0 Å². The van der Waals surface area contributed by atoms with Crippen LogP contribution in [0.5, 0.6) is 0 Å². The second kappa shape index (κ2) is 7.58. The fraction of sp³-hybridized carbons (Fsp3) is 0.684. The van der Waals surface area contributed by atoms with Crippen molar-refractivity contribution < 1.29 is 0 Å². The molecule has 122 valence electrons. The van der Waals surface area contributed by atoms with Gasteiger partial charge in [0.15, 0.2) is 0 Å². The summed E-state index contributed by atoms with van der Waals surface area (Å²) in [5.41, 5.74) is 2.93. The summed E-state index contributed by atoms with van der Waals surface area (Å²) in [5.74, 6) is 0.632. The van der Waals surface area contributed by atoms with E-state index in [-0.39, 0.29) is 0 Å². The van der Waals surface area contributed by atoms with E-state index in [0.717, 1.165) is 6.04 Å². The largest absolute Gasteiger partial charge is 0.314 e. The summed E-state index contributed by atoms with van der Waals surface area (Å²) in [6, 6.07) is 10.0. The first-order chi connectivity index (χ1) is 10.7. The van der Waals surface area contributed by atoms with Crippen molar-refractivity contribution in [2.24, 2.45) is 0 Å². The highest BCUT2D eigenvalue weighted by Gasteiger charge is 2.27. The SMILES string of the molecule is CC(C)c1ccc(CCN2CCC(N3CCNCC3)C2)cc1. The lowest BCUT2D eigenvalue weighted by Gasteiger charge is -2.32. The molecule has 1 atom stereocenters. The Morgan fingerprint density at radius 3 is 2.50 bits per heavy atom. The second-order valence-electron chi connectivity index (χ2n) is 7.18. The van der Waals surface area contributed by atoms with Gasteiger partial charge in [-0.3, -0.25) is 4.90 Å². The molecule has 3 nitrogen and oxygen atoms in total.